The molecule has 0 atom stereocenters. The van der Waals surface area contributed by atoms with Crippen molar-refractivity contribution in [3.05, 3.63) is 17.7 Å². The summed E-state index contributed by atoms with van der Waals surface area (Å²) in [5.74, 6) is 0.0163. The molecule has 1 aromatic rings. The lowest BCUT2D eigenvalue weighted by atomic mass is 9.96. The molecule has 1 aromatic carbocycles. The fraction of sp³-hybridized carbons (Fsp3) is 0.455. The minimum Gasteiger partial charge on any atom is -0.508 e. The van der Waals surface area contributed by atoms with Crippen molar-refractivity contribution in [3.8, 4) is 17.2 Å². The van der Waals surface area contributed by atoms with Gasteiger partial charge in [0.05, 0.1) is 0 Å². The molecule has 3 nitrogen and oxygen atoms in total. The molecule has 0 bridgehead atoms. The average molecular weight is 194 g/mol. The molecule has 0 aliphatic heterocycles. The second-order valence-corrected chi connectivity index (χ2v) is 3.88. The number of aromatic hydroxyl groups is 3. The van der Waals surface area contributed by atoms with E-state index in [1.807, 2.05) is 0 Å². The van der Waals surface area contributed by atoms with E-state index in [4.69, 9.17) is 5.11 Å². The fourth-order valence-electron chi connectivity index (χ4n) is 2.15. The van der Waals surface area contributed by atoms with Crippen LogP contribution in [0.5, 0.6) is 17.2 Å². The topological polar surface area (TPSA) is 60.7 Å². The van der Waals surface area contributed by atoms with Crippen LogP contribution in [0, 0.1) is 0 Å². The molecule has 2 rings (SSSR count). The minimum absolute atomic E-state index is 0.0900. The summed E-state index contributed by atoms with van der Waals surface area (Å²) in [6.45, 7) is 0. The van der Waals surface area contributed by atoms with Crippen molar-refractivity contribution < 1.29 is 15.3 Å². The van der Waals surface area contributed by atoms with Crippen LogP contribution in [0.3, 0.4) is 0 Å². The maximum absolute atomic E-state index is 9.61. The Bertz CT molecular complexity index is 341. The van der Waals surface area contributed by atoms with Gasteiger partial charge in [0.2, 0.25) is 0 Å². The van der Waals surface area contributed by atoms with Crippen molar-refractivity contribution >= 4 is 0 Å². The summed E-state index contributed by atoms with van der Waals surface area (Å²) in [5, 5.41) is 28.1. The first-order valence-corrected chi connectivity index (χ1v) is 4.93. The van der Waals surface area contributed by atoms with Gasteiger partial charge in [-0.3, -0.25) is 0 Å². The Kier molecular flexibility index (Phi) is 2.23. The highest BCUT2D eigenvalue weighted by Crippen LogP contribution is 2.42. The Morgan fingerprint density at radius 2 is 1.43 bits per heavy atom. The normalized spacial score (nSPS) is 17.4. The second-order valence-electron chi connectivity index (χ2n) is 3.88. The SMILES string of the molecule is Oc1cc(O)c(C2CCCC2)cc1O. The molecule has 0 radical (unpaired) electrons. The van der Waals surface area contributed by atoms with Gasteiger partial charge in [-0.15, -0.1) is 0 Å². The van der Waals surface area contributed by atoms with Gasteiger partial charge in [-0.25, -0.2) is 0 Å². The van der Waals surface area contributed by atoms with E-state index < -0.39 is 0 Å². The van der Waals surface area contributed by atoms with E-state index in [-0.39, 0.29) is 17.2 Å². The Morgan fingerprint density at radius 1 is 0.857 bits per heavy atom. The smallest absolute Gasteiger partial charge is 0.161 e. The summed E-state index contributed by atoms with van der Waals surface area (Å²) in [6, 6.07) is 2.68. The van der Waals surface area contributed by atoms with Gasteiger partial charge in [0, 0.05) is 11.6 Å². The predicted molar refractivity (Wildman–Crippen MR) is 52.6 cm³/mol. The number of benzene rings is 1. The van der Waals surface area contributed by atoms with Gasteiger partial charge in [-0.2, -0.15) is 0 Å². The van der Waals surface area contributed by atoms with E-state index in [2.05, 4.69) is 0 Å². The van der Waals surface area contributed by atoms with Gasteiger partial charge in [0.15, 0.2) is 11.5 Å². The van der Waals surface area contributed by atoms with Crippen LogP contribution in [0.1, 0.15) is 37.2 Å². The third-order valence-electron chi connectivity index (χ3n) is 2.92. The van der Waals surface area contributed by atoms with Crippen LogP contribution in [0.15, 0.2) is 12.1 Å². The molecule has 1 saturated carbocycles. The standard InChI is InChI=1S/C11H14O3/c12-9-6-11(14)10(13)5-8(9)7-3-1-2-4-7/h5-7,12-14H,1-4H2. The maximum Gasteiger partial charge on any atom is 0.161 e. The van der Waals surface area contributed by atoms with Gasteiger partial charge in [0.1, 0.15) is 5.75 Å². The number of hydrogen-bond acceptors (Lipinski definition) is 3. The lowest BCUT2D eigenvalue weighted by molar-refractivity contribution is 0.392. The third-order valence-corrected chi connectivity index (χ3v) is 2.92. The van der Waals surface area contributed by atoms with Crippen molar-refractivity contribution in [2.75, 3.05) is 0 Å². The van der Waals surface area contributed by atoms with Gasteiger partial charge >= 0.3 is 0 Å². The molecule has 0 saturated heterocycles. The van der Waals surface area contributed by atoms with Crippen LogP contribution in [-0.2, 0) is 0 Å². The molecule has 3 heteroatoms. The highest BCUT2D eigenvalue weighted by molar-refractivity contribution is 5.49. The third kappa shape index (κ3) is 1.50. The molecule has 1 aliphatic carbocycles. The van der Waals surface area contributed by atoms with Gasteiger partial charge in [0.25, 0.3) is 0 Å². The molecular weight excluding hydrogens is 180 g/mol. The second kappa shape index (κ2) is 3.40. The summed E-state index contributed by atoms with van der Waals surface area (Å²) in [7, 11) is 0. The number of phenols is 3. The summed E-state index contributed by atoms with van der Waals surface area (Å²) in [4.78, 5) is 0. The lowest BCUT2D eigenvalue weighted by Gasteiger charge is -2.12. The Hall–Kier alpha value is -1.38. The van der Waals surface area contributed by atoms with Crippen LogP contribution in [0.2, 0.25) is 0 Å². The molecule has 3 N–H and O–H groups in total. The Balaban J connectivity index is 2.37. The molecule has 0 heterocycles. The van der Waals surface area contributed by atoms with Crippen LogP contribution in [0.4, 0.5) is 0 Å². The monoisotopic (exact) mass is 194 g/mol. The van der Waals surface area contributed by atoms with Crippen molar-refractivity contribution in [2.45, 2.75) is 31.6 Å². The summed E-state index contributed by atoms with van der Waals surface area (Å²) < 4.78 is 0. The highest BCUT2D eigenvalue weighted by Gasteiger charge is 2.21. The molecule has 0 amide bonds. The first-order chi connectivity index (χ1) is 6.68. The summed E-state index contributed by atoms with van der Waals surface area (Å²) in [5.41, 5.74) is 0.762. The van der Waals surface area contributed by atoms with E-state index in [0.29, 0.717) is 5.92 Å². The minimum atomic E-state index is -0.260. The zero-order chi connectivity index (χ0) is 10.1. The van der Waals surface area contributed by atoms with E-state index in [1.54, 1.807) is 0 Å². The largest absolute Gasteiger partial charge is 0.508 e. The lowest BCUT2D eigenvalue weighted by Crippen LogP contribution is -1.92. The van der Waals surface area contributed by atoms with Crippen LogP contribution >= 0.6 is 0 Å². The maximum atomic E-state index is 9.61. The zero-order valence-corrected chi connectivity index (χ0v) is 7.90. The molecule has 1 fully saturated rings. The number of phenolic OH excluding ortho intramolecular Hbond substituents is 3. The van der Waals surface area contributed by atoms with Gasteiger partial charge in [-0.05, 0) is 24.8 Å². The van der Waals surface area contributed by atoms with E-state index >= 15 is 0 Å². The molecule has 14 heavy (non-hydrogen) atoms. The Morgan fingerprint density at radius 3 is 2.07 bits per heavy atom. The molecule has 0 spiro atoms. The molecule has 0 aromatic heterocycles. The van der Waals surface area contributed by atoms with Crippen molar-refractivity contribution in [2.24, 2.45) is 0 Å². The molecule has 0 unspecified atom stereocenters. The van der Waals surface area contributed by atoms with Gasteiger partial charge in [-0.1, -0.05) is 12.8 Å². The van der Waals surface area contributed by atoms with Gasteiger partial charge < -0.3 is 15.3 Å². The Labute approximate surface area is 82.6 Å². The summed E-state index contributed by atoms with van der Waals surface area (Å²) in [6.07, 6.45) is 4.45. The van der Waals surface area contributed by atoms with E-state index in [0.717, 1.165) is 18.4 Å². The van der Waals surface area contributed by atoms with Crippen molar-refractivity contribution in [3.63, 3.8) is 0 Å². The van der Waals surface area contributed by atoms with Crippen LogP contribution < -0.4 is 0 Å². The molecular formula is C11H14O3. The number of hydrogen-bond donors (Lipinski definition) is 3. The first kappa shape index (κ1) is 9.19. The van der Waals surface area contributed by atoms with Crippen molar-refractivity contribution in [1.29, 1.82) is 0 Å². The summed E-state index contributed by atoms with van der Waals surface area (Å²) >= 11 is 0. The van der Waals surface area contributed by atoms with E-state index in [1.165, 1.54) is 25.0 Å². The van der Waals surface area contributed by atoms with Crippen LogP contribution in [-0.4, -0.2) is 15.3 Å². The first-order valence-electron chi connectivity index (χ1n) is 4.93. The number of rotatable bonds is 1. The zero-order valence-electron chi connectivity index (χ0n) is 7.90. The average Bonchev–Trinajstić information content (AvgIpc) is 2.64. The molecule has 76 valence electrons. The predicted octanol–water partition coefficient (Wildman–Crippen LogP) is 2.46. The molecule has 1 aliphatic rings. The quantitative estimate of drug-likeness (QED) is 0.475. The van der Waals surface area contributed by atoms with Crippen LogP contribution in [0.25, 0.3) is 0 Å². The van der Waals surface area contributed by atoms with E-state index in [9.17, 15) is 10.2 Å². The highest BCUT2D eigenvalue weighted by atomic mass is 16.3. The fourth-order valence-corrected chi connectivity index (χ4v) is 2.15. The van der Waals surface area contributed by atoms with Crippen molar-refractivity contribution in [1.82, 2.24) is 0 Å².